The van der Waals surface area contributed by atoms with Crippen LogP contribution in [0.1, 0.15) is 13.8 Å². The summed E-state index contributed by atoms with van der Waals surface area (Å²) in [6.07, 6.45) is 0. The predicted octanol–water partition coefficient (Wildman–Crippen LogP) is 1.33. The van der Waals surface area contributed by atoms with Crippen LogP contribution in [0.25, 0.3) is 0 Å². The summed E-state index contributed by atoms with van der Waals surface area (Å²) in [6, 6.07) is 5.78. The van der Waals surface area contributed by atoms with Gasteiger partial charge < -0.3 is 15.3 Å². The Hall–Kier alpha value is -1.29. The van der Waals surface area contributed by atoms with Crippen molar-refractivity contribution in [1.29, 1.82) is 0 Å². The van der Waals surface area contributed by atoms with Crippen molar-refractivity contribution in [3.63, 3.8) is 0 Å². The largest absolute Gasteiger partial charge is 0.394 e. The van der Waals surface area contributed by atoms with Crippen molar-refractivity contribution >= 4 is 11.6 Å². The summed E-state index contributed by atoms with van der Waals surface area (Å²) < 4.78 is 0. The summed E-state index contributed by atoms with van der Waals surface area (Å²) in [4.78, 5) is 6.38. The number of nitrogens with one attached hydrogen (secondary N) is 1. The lowest BCUT2D eigenvalue weighted by molar-refractivity contribution is 0.215. The number of aromatic nitrogens is 1. The summed E-state index contributed by atoms with van der Waals surface area (Å²) in [6.45, 7) is 4.04. The zero-order valence-electron chi connectivity index (χ0n) is 9.78. The molecule has 1 aromatic heterocycles. The molecule has 2 N–H and O–H groups in total. The summed E-state index contributed by atoms with van der Waals surface area (Å²) in [5.41, 5.74) is -0.306. The molecule has 0 aromatic carbocycles. The fourth-order valence-electron chi connectivity index (χ4n) is 1.17. The Morgan fingerprint density at radius 2 is 2.13 bits per heavy atom. The first-order valence-electron chi connectivity index (χ1n) is 5.01. The standard InChI is InChI=1S/C11H19N3O/c1-11(2,8-15)14(4)10-7-5-6-9(12-3)13-10/h5-7,15H,8H2,1-4H3,(H,12,13). The third-order valence-electron chi connectivity index (χ3n) is 2.63. The van der Waals surface area contributed by atoms with Crippen molar-refractivity contribution in [1.82, 2.24) is 4.98 Å². The quantitative estimate of drug-likeness (QED) is 0.785. The zero-order chi connectivity index (χ0) is 11.5. The molecule has 84 valence electrons. The molecule has 0 spiro atoms. The summed E-state index contributed by atoms with van der Waals surface area (Å²) >= 11 is 0. The van der Waals surface area contributed by atoms with Gasteiger partial charge in [-0.2, -0.15) is 0 Å². The molecule has 0 saturated carbocycles. The van der Waals surface area contributed by atoms with Gasteiger partial charge in [0.1, 0.15) is 11.6 Å². The van der Waals surface area contributed by atoms with E-state index in [2.05, 4.69) is 10.3 Å². The Balaban J connectivity index is 2.95. The molecule has 0 aliphatic rings. The maximum atomic E-state index is 9.27. The van der Waals surface area contributed by atoms with Crippen LogP contribution in [0.2, 0.25) is 0 Å². The number of aliphatic hydroxyl groups is 1. The highest BCUT2D eigenvalue weighted by Crippen LogP contribution is 2.20. The average molecular weight is 209 g/mol. The number of hydrogen-bond acceptors (Lipinski definition) is 4. The Bertz CT molecular complexity index is 325. The van der Waals surface area contributed by atoms with Crippen LogP contribution in [0.5, 0.6) is 0 Å². The van der Waals surface area contributed by atoms with Crippen molar-refractivity contribution in [3.8, 4) is 0 Å². The van der Waals surface area contributed by atoms with Crippen LogP contribution in [0.3, 0.4) is 0 Å². The predicted molar refractivity (Wildman–Crippen MR) is 63.4 cm³/mol. The molecule has 1 aromatic rings. The van der Waals surface area contributed by atoms with Gasteiger partial charge in [0.15, 0.2) is 0 Å². The van der Waals surface area contributed by atoms with E-state index in [9.17, 15) is 5.11 Å². The highest BCUT2D eigenvalue weighted by atomic mass is 16.3. The van der Waals surface area contributed by atoms with Gasteiger partial charge in [-0.05, 0) is 26.0 Å². The molecule has 0 saturated heterocycles. The smallest absolute Gasteiger partial charge is 0.131 e. The van der Waals surface area contributed by atoms with Crippen molar-refractivity contribution in [2.45, 2.75) is 19.4 Å². The summed E-state index contributed by atoms with van der Waals surface area (Å²) in [5, 5.41) is 12.3. The van der Waals surface area contributed by atoms with Crippen molar-refractivity contribution < 1.29 is 5.11 Å². The van der Waals surface area contributed by atoms with Crippen LogP contribution in [-0.2, 0) is 0 Å². The van der Waals surface area contributed by atoms with E-state index in [0.29, 0.717) is 0 Å². The van der Waals surface area contributed by atoms with Gasteiger partial charge in [0, 0.05) is 14.1 Å². The van der Waals surface area contributed by atoms with Crippen LogP contribution in [0.4, 0.5) is 11.6 Å². The second-order valence-corrected chi connectivity index (χ2v) is 4.16. The van der Waals surface area contributed by atoms with Gasteiger partial charge in [-0.15, -0.1) is 0 Å². The normalized spacial score (nSPS) is 11.3. The zero-order valence-corrected chi connectivity index (χ0v) is 9.78. The monoisotopic (exact) mass is 209 g/mol. The van der Waals surface area contributed by atoms with Gasteiger partial charge in [0.25, 0.3) is 0 Å². The first kappa shape index (κ1) is 11.8. The van der Waals surface area contributed by atoms with E-state index >= 15 is 0 Å². The lowest BCUT2D eigenvalue weighted by Crippen LogP contribution is -2.44. The number of rotatable bonds is 4. The minimum atomic E-state index is -0.306. The minimum absolute atomic E-state index is 0.0922. The fraction of sp³-hybridized carbons (Fsp3) is 0.545. The van der Waals surface area contributed by atoms with Gasteiger partial charge in [-0.25, -0.2) is 4.98 Å². The van der Waals surface area contributed by atoms with Crippen LogP contribution < -0.4 is 10.2 Å². The van der Waals surface area contributed by atoms with Gasteiger partial charge in [-0.3, -0.25) is 0 Å². The maximum Gasteiger partial charge on any atom is 0.131 e. The molecule has 0 aliphatic carbocycles. The van der Waals surface area contributed by atoms with Crippen molar-refractivity contribution in [3.05, 3.63) is 18.2 Å². The molecule has 15 heavy (non-hydrogen) atoms. The van der Waals surface area contributed by atoms with Crippen LogP contribution in [-0.4, -0.2) is 36.3 Å². The fourth-order valence-corrected chi connectivity index (χ4v) is 1.17. The van der Waals surface area contributed by atoms with Gasteiger partial charge >= 0.3 is 0 Å². The Kier molecular flexibility index (Phi) is 3.52. The van der Waals surface area contributed by atoms with Gasteiger partial charge in [-0.1, -0.05) is 6.07 Å². The van der Waals surface area contributed by atoms with Crippen LogP contribution >= 0.6 is 0 Å². The van der Waals surface area contributed by atoms with Crippen molar-refractivity contribution in [2.24, 2.45) is 0 Å². The SMILES string of the molecule is CNc1cccc(N(C)C(C)(C)CO)n1. The van der Waals surface area contributed by atoms with E-state index in [0.717, 1.165) is 11.6 Å². The third kappa shape index (κ3) is 2.59. The van der Waals surface area contributed by atoms with Crippen LogP contribution in [0.15, 0.2) is 18.2 Å². The minimum Gasteiger partial charge on any atom is -0.394 e. The molecular formula is C11H19N3O. The highest BCUT2D eigenvalue weighted by Gasteiger charge is 2.23. The second-order valence-electron chi connectivity index (χ2n) is 4.16. The van der Waals surface area contributed by atoms with E-state index in [1.54, 1.807) is 0 Å². The molecule has 1 heterocycles. The van der Waals surface area contributed by atoms with E-state index in [1.165, 1.54) is 0 Å². The molecule has 0 amide bonds. The summed E-state index contributed by atoms with van der Waals surface area (Å²) in [7, 11) is 3.77. The van der Waals surface area contributed by atoms with E-state index < -0.39 is 0 Å². The number of nitrogens with zero attached hydrogens (tertiary/aromatic N) is 2. The summed E-state index contributed by atoms with van der Waals surface area (Å²) in [5.74, 6) is 1.67. The van der Waals surface area contributed by atoms with Gasteiger partial charge in [0.2, 0.25) is 0 Å². The molecule has 4 heteroatoms. The topological polar surface area (TPSA) is 48.4 Å². The Morgan fingerprint density at radius 1 is 1.47 bits per heavy atom. The molecule has 0 unspecified atom stereocenters. The van der Waals surface area contributed by atoms with Gasteiger partial charge in [0.05, 0.1) is 12.1 Å². The molecule has 0 radical (unpaired) electrons. The first-order valence-corrected chi connectivity index (χ1v) is 5.01. The lowest BCUT2D eigenvalue weighted by Gasteiger charge is -2.35. The van der Waals surface area contributed by atoms with E-state index in [4.69, 9.17) is 0 Å². The van der Waals surface area contributed by atoms with Crippen molar-refractivity contribution in [2.75, 3.05) is 30.9 Å². The number of likely N-dealkylation sites (N-methyl/N-ethyl adjacent to an activating group) is 1. The number of aliphatic hydroxyl groups excluding tert-OH is 1. The number of pyridine rings is 1. The number of hydrogen-bond donors (Lipinski definition) is 2. The van der Waals surface area contributed by atoms with E-state index in [-0.39, 0.29) is 12.1 Å². The first-order chi connectivity index (χ1) is 7.01. The molecule has 0 atom stereocenters. The average Bonchev–Trinajstić information content (AvgIpc) is 2.28. The second kappa shape index (κ2) is 4.49. The molecule has 4 nitrogen and oxygen atoms in total. The number of anilines is 2. The van der Waals surface area contributed by atoms with Crippen LogP contribution in [0, 0.1) is 0 Å². The Labute approximate surface area is 90.9 Å². The molecule has 0 bridgehead atoms. The molecule has 1 rings (SSSR count). The third-order valence-corrected chi connectivity index (χ3v) is 2.63. The Morgan fingerprint density at radius 3 is 2.67 bits per heavy atom. The molecule has 0 fully saturated rings. The van der Waals surface area contributed by atoms with E-state index in [1.807, 2.05) is 51.0 Å². The molecule has 0 aliphatic heterocycles. The highest BCUT2D eigenvalue weighted by molar-refractivity contribution is 5.47. The lowest BCUT2D eigenvalue weighted by atomic mass is 10.1. The molecular weight excluding hydrogens is 190 g/mol. The maximum absolute atomic E-state index is 9.27.